The third-order valence-corrected chi connectivity index (χ3v) is 4.06. The van der Waals surface area contributed by atoms with Crippen molar-refractivity contribution in [2.24, 2.45) is 10.1 Å². The lowest BCUT2D eigenvalue weighted by Gasteiger charge is -2.01. The van der Waals surface area contributed by atoms with E-state index in [0.717, 1.165) is 17.7 Å². The maximum Gasteiger partial charge on any atom is 0.206 e. The number of hydrogen-bond donors (Lipinski definition) is 0. The van der Waals surface area contributed by atoms with Gasteiger partial charge in [0.25, 0.3) is 0 Å². The number of halogens is 2. The molecule has 0 saturated heterocycles. The first kappa shape index (κ1) is 17.0. The number of hydrogen-bond acceptors (Lipinski definition) is 4. The molecule has 4 nitrogen and oxygen atoms in total. The fourth-order valence-electron chi connectivity index (χ4n) is 2.03. The second-order valence-electron chi connectivity index (χ2n) is 5.38. The Morgan fingerprint density at radius 3 is 2.84 bits per heavy atom. The molecule has 0 aliphatic rings. The Hall–Kier alpha value is -2.80. The Morgan fingerprint density at radius 2 is 2.16 bits per heavy atom. The molecule has 3 aromatic rings. The Morgan fingerprint density at radius 1 is 1.32 bits per heavy atom. The van der Waals surface area contributed by atoms with Gasteiger partial charge in [-0.2, -0.15) is 5.10 Å². The minimum absolute atomic E-state index is 0.439. The van der Waals surface area contributed by atoms with E-state index in [9.17, 15) is 8.78 Å². The van der Waals surface area contributed by atoms with Crippen molar-refractivity contribution in [3.05, 3.63) is 76.1 Å². The van der Waals surface area contributed by atoms with Crippen LogP contribution in [0.1, 0.15) is 12.5 Å². The summed E-state index contributed by atoms with van der Waals surface area (Å²) in [6.07, 6.45) is 3.02. The zero-order valence-electron chi connectivity index (χ0n) is 13.4. The van der Waals surface area contributed by atoms with Crippen LogP contribution in [-0.2, 0) is 0 Å². The van der Waals surface area contributed by atoms with Crippen LogP contribution in [0.25, 0.3) is 11.5 Å². The van der Waals surface area contributed by atoms with Gasteiger partial charge < -0.3 is 4.42 Å². The number of rotatable bonds is 5. The average Bonchev–Trinajstić information content (AvgIpc) is 3.23. The zero-order valence-corrected chi connectivity index (χ0v) is 14.3. The van der Waals surface area contributed by atoms with Crippen molar-refractivity contribution in [2.75, 3.05) is 6.54 Å². The molecule has 128 valence electrons. The van der Waals surface area contributed by atoms with E-state index in [2.05, 4.69) is 16.7 Å². The first-order valence-electron chi connectivity index (χ1n) is 7.43. The van der Waals surface area contributed by atoms with Gasteiger partial charge in [-0.1, -0.05) is 18.2 Å². The molecule has 0 radical (unpaired) electrons. The van der Waals surface area contributed by atoms with Gasteiger partial charge in [0.15, 0.2) is 17.4 Å². The molecule has 0 saturated carbocycles. The van der Waals surface area contributed by atoms with E-state index in [1.54, 1.807) is 17.0 Å². The molecule has 0 aliphatic carbocycles. The molecular weight excluding hydrogens is 344 g/mol. The quantitative estimate of drug-likeness (QED) is 0.490. The topological polar surface area (TPSA) is 42.8 Å². The normalized spacial score (nSPS) is 12.2. The molecule has 0 spiro atoms. The van der Waals surface area contributed by atoms with Crippen LogP contribution in [0.4, 0.5) is 8.78 Å². The Labute approximate surface area is 147 Å². The Balaban J connectivity index is 2.04. The molecule has 0 aliphatic heterocycles. The Bertz CT molecular complexity index is 984. The first-order valence-corrected chi connectivity index (χ1v) is 8.31. The van der Waals surface area contributed by atoms with Gasteiger partial charge in [-0.05, 0) is 36.8 Å². The standard InChI is InChI=1S/C18H15F2N3OS/c1-12(2)9-21-18-23(16(11-25-18)17-4-3-7-24-17)22-10-13-5-6-14(19)15(20)8-13/h3-8,10-11H,1,9H2,2H3. The molecule has 25 heavy (non-hydrogen) atoms. The summed E-state index contributed by atoms with van der Waals surface area (Å²) in [5.41, 5.74) is 2.08. The SMILES string of the molecule is C=C(C)CN=c1scc(-c2ccco2)n1N=Cc1ccc(F)c(F)c1. The van der Waals surface area contributed by atoms with Gasteiger partial charge in [-0.25, -0.2) is 13.5 Å². The fourth-order valence-corrected chi connectivity index (χ4v) is 2.85. The second-order valence-corrected chi connectivity index (χ2v) is 6.22. The van der Waals surface area contributed by atoms with Crippen molar-refractivity contribution >= 4 is 17.6 Å². The highest BCUT2D eigenvalue weighted by Crippen LogP contribution is 2.20. The number of benzene rings is 1. The van der Waals surface area contributed by atoms with E-state index in [1.165, 1.54) is 23.6 Å². The van der Waals surface area contributed by atoms with Gasteiger partial charge >= 0.3 is 0 Å². The average molecular weight is 359 g/mol. The maximum absolute atomic E-state index is 13.4. The fraction of sp³-hybridized carbons (Fsp3) is 0.111. The molecule has 2 aromatic heterocycles. The Kier molecular flexibility index (Phi) is 5.04. The molecule has 0 amide bonds. The third kappa shape index (κ3) is 4.00. The van der Waals surface area contributed by atoms with E-state index >= 15 is 0 Å². The van der Waals surface area contributed by atoms with Crippen molar-refractivity contribution in [3.8, 4) is 11.5 Å². The van der Waals surface area contributed by atoms with Crippen LogP contribution < -0.4 is 4.80 Å². The molecule has 0 unspecified atom stereocenters. The van der Waals surface area contributed by atoms with Gasteiger partial charge in [0, 0.05) is 5.38 Å². The van der Waals surface area contributed by atoms with Crippen molar-refractivity contribution in [1.29, 1.82) is 0 Å². The van der Waals surface area contributed by atoms with Crippen LogP contribution in [0.3, 0.4) is 0 Å². The summed E-state index contributed by atoms with van der Waals surface area (Å²) < 4.78 is 33.4. The molecular formula is C18H15F2N3OS. The van der Waals surface area contributed by atoms with Gasteiger partial charge in [-0.3, -0.25) is 4.99 Å². The first-order chi connectivity index (χ1) is 12.0. The van der Waals surface area contributed by atoms with Crippen molar-refractivity contribution < 1.29 is 13.2 Å². The van der Waals surface area contributed by atoms with E-state index in [1.807, 2.05) is 18.4 Å². The van der Waals surface area contributed by atoms with Crippen LogP contribution in [-0.4, -0.2) is 17.4 Å². The lowest BCUT2D eigenvalue weighted by molar-refractivity contribution is 0.508. The zero-order chi connectivity index (χ0) is 17.8. The summed E-state index contributed by atoms with van der Waals surface area (Å²) in [7, 11) is 0. The lowest BCUT2D eigenvalue weighted by atomic mass is 10.2. The molecule has 1 aromatic carbocycles. The smallest absolute Gasteiger partial charge is 0.206 e. The van der Waals surface area contributed by atoms with Gasteiger partial charge in [0.1, 0.15) is 5.69 Å². The van der Waals surface area contributed by atoms with Crippen LogP contribution in [0.15, 0.2) is 68.6 Å². The minimum atomic E-state index is -0.919. The van der Waals surface area contributed by atoms with Gasteiger partial charge in [0.05, 0.1) is 19.0 Å². The van der Waals surface area contributed by atoms with Crippen LogP contribution >= 0.6 is 11.3 Å². The van der Waals surface area contributed by atoms with Gasteiger partial charge in [0.2, 0.25) is 4.80 Å². The highest BCUT2D eigenvalue weighted by atomic mass is 32.1. The van der Waals surface area contributed by atoms with Crippen molar-refractivity contribution in [1.82, 2.24) is 4.68 Å². The number of thiazole rings is 1. The largest absolute Gasteiger partial charge is 0.463 e. The monoisotopic (exact) mass is 359 g/mol. The predicted molar refractivity (Wildman–Crippen MR) is 94.6 cm³/mol. The highest BCUT2D eigenvalue weighted by Gasteiger charge is 2.10. The molecule has 7 heteroatoms. The molecule has 0 N–H and O–H groups in total. The maximum atomic E-state index is 13.4. The highest BCUT2D eigenvalue weighted by molar-refractivity contribution is 7.07. The lowest BCUT2D eigenvalue weighted by Crippen LogP contribution is -2.12. The van der Waals surface area contributed by atoms with Crippen molar-refractivity contribution in [2.45, 2.75) is 6.92 Å². The molecule has 0 bridgehead atoms. The van der Waals surface area contributed by atoms with E-state index < -0.39 is 11.6 Å². The summed E-state index contributed by atoms with van der Waals surface area (Å²) in [4.78, 5) is 5.12. The predicted octanol–water partition coefficient (Wildman–Crippen LogP) is 4.45. The molecule has 3 rings (SSSR count). The van der Waals surface area contributed by atoms with Crippen LogP contribution in [0, 0.1) is 11.6 Å². The summed E-state index contributed by atoms with van der Waals surface area (Å²) in [5.74, 6) is -1.18. The van der Waals surface area contributed by atoms with Gasteiger partial charge in [-0.15, -0.1) is 11.3 Å². The van der Waals surface area contributed by atoms with E-state index in [0.29, 0.717) is 28.4 Å². The van der Waals surface area contributed by atoms with Crippen LogP contribution in [0.5, 0.6) is 0 Å². The number of aromatic nitrogens is 1. The molecule has 2 heterocycles. The summed E-state index contributed by atoms with van der Waals surface area (Å²) >= 11 is 1.40. The van der Waals surface area contributed by atoms with Crippen molar-refractivity contribution in [3.63, 3.8) is 0 Å². The number of furan rings is 1. The summed E-state index contributed by atoms with van der Waals surface area (Å²) in [6, 6.07) is 7.19. The third-order valence-electron chi connectivity index (χ3n) is 3.21. The summed E-state index contributed by atoms with van der Waals surface area (Å²) in [6.45, 7) is 6.19. The second kappa shape index (κ2) is 7.40. The number of nitrogens with zero attached hydrogens (tertiary/aromatic N) is 3. The van der Waals surface area contributed by atoms with E-state index in [4.69, 9.17) is 4.42 Å². The van der Waals surface area contributed by atoms with E-state index in [-0.39, 0.29) is 0 Å². The minimum Gasteiger partial charge on any atom is -0.463 e. The van der Waals surface area contributed by atoms with Crippen LogP contribution in [0.2, 0.25) is 0 Å². The molecule has 0 atom stereocenters. The molecule has 0 fully saturated rings. The summed E-state index contributed by atoms with van der Waals surface area (Å²) in [5, 5.41) is 6.24.